The summed E-state index contributed by atoms with van der Waals surface area (Å²) in [6.07, 6.45) is 4.57. The first-order valence-corrected chi connectivity index (χ1v) is 8.74. The molecule has 1 atom stereocenters. The molecule has 0 aliphatic carbocycles. The van der Waals surface area contributed by atoms with E-state index in [4.69, 9.17) is 0 Å². The lowest BCUT2D eigenvalue weighted by molar-refractivity contribution is -0.146. The fourth-order valence-electron chi connectivity index (χ4n) is 4.04. The molecule has 1 unspecified atom stereocenters. The SMILES string of the molecule is CC(C)(C)CN1CCCC2(CCN(c3ncccc3C#N)C2)C1=O. The van der Waals surface area contributed by atoms with Gasteiger partial charge in [0.15, 0.2) is 0 Å². The van der Waals surface area contributed by atoms with Crippen molar-refractivity contribution in [2.24, 2.45) is 10.8 Å². The van der Waals surface area contributed by atoms with Gasteiger partial charge in [0.25, 0.3) is 0 Å². The third kappa shape index (κ3) is 3.10. The van der Waals surface area contributed by atoms with Gasteiger partial charge in [-0.25, -0.2) is 4.98 Å². The Morgan fingerprint density at radius 2 is 2.12 bits per heavy atom. The van der Waals surface area contributed by atoms with E-state index in [1.54, 1.807) is 18.3 Å². The lowest BCUT2D eigenvalue weighted by Gasteiger charge is -2.41. The van der Waals surface area contributed by atoms with E-state index < -0.39 is 0 Å². The van der Waals surface area contributed by atoms with Crippen LogP contribution in [0.5, 0.6) is 0 Å². The Labute approximate surface area is 144 Å². The molecule has 5 nitrogen and oxygen atoms in total. The Bertz CT molecular complexity index is 673. The monoisotopic (exact) mass is 326 g/mol. The van der Waals surface area contributed by atoms with Crippen molar-refractivity contribution in [2.45, 2.75) is 40.0 Å². The molecule has 2 aliphatic rings. The Morgan fingerprint density at radius 1 is 1.33 bits per heavy atom. The highest BCUT2D eigenvalue weighted by atomic mass is 16.2. The number of pyridine rings is 1. The number of nitriles is 1. The summed E-state index contributed by atoms with van der Waals surface area (Å²) in [7, 11) is 0. The zero-order valence-corrected chi connectivity index (χ0v) is 14.9. The predicted molar refractivity (Wildman–Crippen MR) is 93.5 cm³/mol. The van der Waals surface area contributed by atoms with Gasteiger partial charge >= 0.3 is 0 Å². The number of hydrogen-bond donors (Lipinski definition) is 0. The van der Waals surface area contributed by atoms with Gasteiger partial charge in [0.05, 0.1) is 11.0 Å². The summed E-state index contributed by atoms with van der Waals surface area (Å²) >= 11 is 0. The number of piperidine rings is 1. The molecule has 5 heteroatoms. The molecule has 3 heterocycles. The summed E-state index contributed by atoms with van der Waals surface area (Å²) in [5.41, 5.74) is 0.402. The zero-order chi connectivity index (χ0) is 17.4. The van der Waals surface area contributed by atoms with Crippen LogP contribution >= 0.6 is 0 Å². The molecule has 1 spiro atoms. The van der Waals surface area contributed by atoms with Crippen molar-refractivity contribution in [1.82, 2.24) is 9.88 Å². The molecular weight excluding hydrogens is 300 g/mol. The number of amides is 1. The fourth-order valence-corrected chi connectivity index (χ4v) is 4.04. The summed E-state index contributed by atoms with van der Waals surface area (Å²) in [5, 5.41) is 9.31. The van der Waals surface area contributed by atoms with Crippen molar-refractivity contribution >= 4 is 11.7 Å². The van der Waals surface area contributed by atoms with Crippen LogP contribution in [0.4, 0.5) is 5.82 Å². The van der Waals surface area contributed by atoms with E-state index in [2.05, 4.69) is 41.6 Å². The maximum Gasteiger partial charge on any atom is 0.230 e. The van der Waals surface area contributed by atoms with Crippen molar-refractivity contribution in [1.29, 1.82) is 5.26 Å². The normalized spacial score (nSPS) is 24.5. The smallest absolute Gasteiger partial charge is 0.230 e. The fraction of sp³-hybridized carbons (Fsp3) is 0.632. The van der Waals surface area contributed by atoms with Crippen LogP contribution in [0.3, 0.4) is 0 Å². The summed E-state index contributed by atoms with van der Waals surface area (Å²) in [5.74, 6) is 1.01. The standard InChI is InChI=1S/C19H26N4O/c1-18(2,3)13-23-10-5-7-19(17(23)24)8-11-22(14-19)16-15(12-20)6-4-9-21-16/h4,6,9H,5,7-8,10-11,13-14H2,1-3H3. The molecule has 2 fully saturated rings. The van der Waals surface area contributed by atoms with E-state index in [9.17, 15) is 10.1 Å². The molecule has 128 valence electrons. The Morgan fingerprint density at radius 3 is 2.83 bits per heavy atom. The van der Waals surface area contributed by atoms with Crippen molar-refractivity contribution in [3.63, 3.8) is 0 Å². The number of carbonyl (C=O) groups is 1. The minimum Gasteiger partial charge on any atom is -0.354 e. The van der Waals surface area contributed by atoms with Gasteiger partial charge in [0.2, 0.25) is 5.91 Å². The average Bonchev–Trinajstić information content (AvgIpc) is 2.96. The first-order chi connectivity index (χ1) is 11.3. The van der Waals surface area contributed by atoms with Crippen LogP contribution in [0.2, 0.25) is 0 Å². The van der Waals surface area contributed by atoms with Crippen LogP contribution in [-0.2, 0) is 4.79 Å². The quantitative estimate of drug-likeness (QED) is 0.838. The molecule has 1 amide bonds. The van der Waals surface area contributed by atoms with Crippen LogP contribution in [-0.4, -0.2) is 42.0 Å². The van der Waals surface area contributed by atoms with E-state index in [-0.39, 0.29) is 10.8 Å². The largest absolute Gasteiger partial charge is 0.354 e. The predicted octanol–water partition coefficient (Wildman–Crippen LogP) is 2.82. The molecule has 0 aromatic carbocycles. The highest BCUT2D eigenvalue weighted by Gasteiger charge is 2.49. The van der Waals surface area contributed by atoms with E-state index in [1.807, 2.05) is 0 Å². The number of anilines is 1. The molecule has 1 aromatic heterocycles. The molecule has 2 aliphatic heterocycles. The summed E-state index contributed by atoms with van der Waals surface area (Å²) < 4.78 is 0. The summed E-state index contributed by atoms with van der Waals surface area (Å²) in [6.45, 7) is 9.67. The lowest BCUT2D eigenvalue weighted by Crippen LogP contribution is -2.52. The molecule has 2 saturated heterocycles. The highest BCUT2D eigenvalue weighted by Crippen LogP contribution is 2.42. The van der Waals surface area contributed by atoms with Gasteiger partial charge in [-0.15, -0.1) is 0 Å². The van der Waals surface area contributed by atoms with Gasteiger partial charge in [-0.05, 0) is 36.8 Å². The van der Waals surface area contributed by atoms with Crippen LogP contribution < -0.4 is 4.90 Å². The first-order valence-electron chi connectivity index (χ1n) is 8.74. The summed E-state index contributed by atoms with van der Waals surface area (Å²) in [6, 6.07) is 5.79. The average molecular weight is 326 g/mol. The van der Waals surface area contributed by atoms with E-state index in [0.29, 0.717) is 18.0 Å². The molecule has 0 saturated carbocycles. The van der Waals surface area contributed by atoms with Crippen molar-refractivity contribution < 1.29 is 4.79 Å². The van der Waals surface area contributed by atoms with Crippen LogP contribution in [0.25, 0.3) is 0 Å². The second-order valence-electron chi connectivity index (χ2n) is 8.33. The molecule has 24 heavy (non-hydrogen) atoms. The van der Waals surface area contributed by atoms with Gasteiger partial charge in [-0.1, -0.05) is 20.8 Å². The zero-order valence-electron chi connectivity index (χ0n) is 14.9. The Kier molecular flexibility index (Phi) is 4.25. The second-order valence-corrected chi connectivity index (χ2v) is 8.33. The Hall–Kier alpha value is -2.09. The third-order valence-electron chi connectivity index (χ3n) is 5.05. The maximum atomic E-state index is 13.2. The van der Waals surface area contributed by atoms with E-state index >= 15 is 0 Å². The lowest BCUT2D eigenvalue weighted by atomic mass is 9.77. The Balaban J connectivity index is 1.80. The van der Waals surface area contributed by atoms with Crippen molar-refractivity contribution in [3.05, 3.63) is 23.9 Å². The van der Waals surface area contributed by atoms with Gasteiger partial charge in [0.1, 0.15) is 11.9 Å². The number of rotatable bonds is 2. The molecule has 0 bridgehead atoms. The molecule has 1 aromatic rings. The first kappa shape index (κ1) is 16.8. The number of nitrogens with zero attached hydrogens (tertiary/aromatic N) is 4. The van der Waals surface area contributed by atoms with Gasteiger partial charge < -0.3 is 9.80 Å². The number of likely N-dealkylation sites (tertiary alicyclic amines) is 1. The number of hydrogen-bond acceptors (Lipinski definition) is 4. The van der Waals surface area contributed by atoms with Gasteiger partial charge in [0, 0.05) is 32.4 Å². The minimum atomic E-state index is -0.298. The maximum absolute atomic E-state index is 13.2. The van der Waals surface area contributed by atoms with Crippen molar-refractivity contribution in [2.75, 3.05) is 31.1 Å². The van der Waals surface area contributed by atoms with E-state index in [0.717, 1.165) is 44.7 Å². The number of carbonyl (C=O) groups excluding carboxylic acids is 1. The van der Waals surface area contributed by atoms with E-state index in [1.165, 1.54) is 0 Å². The molecule has 0 radical (unpaired) electrons. The van der Waals surface area contributed by atoms with Crippen molar-refractivity contribution in [3.8, 4) is 6.07 Å². The second kappa shape index (κ2) is 6.08. The van der Waals surface area contributed by atoms with Gasteiger partial charge in [-0.2, -0.15) is 5.26 Å². The molecule has 3 rings (SSSR count). The highest BCUT2D eigenvalue weighted by molar-refractivity contribution is 5.85. The molecular formula is C19H26N4O. The van der Waals surface area contributed by atoms with Gasteiger partial charge in [-0.3, -0.25) is 4.79 Å². The number of aromatic nitrogens is 1. The topological polar surface area (TPSA) is 60.2 Å². The van der Waals surface area contributed by atoms with Crippen LogP contribution in [0.1, 0.15) is 45.6 Å². The molecule has 0 N–H and O–H groups in total. The summed E-state index contributed by atoms with van der Waals surface area (Å²) in [4.78, 5) is 21.7. The van der Waals surface area contributed by atoms with Crippen LogP contribution in [0, 0.1) is 22.2 Å². The third-order valence-corrected chi connectivity index (χ3v) is 5.05. The van der Waals surface area contributed by atoms with Crippen LogP contribution in [0.15, 0.2) is 18.3 Å². The minimum absolute atomic E-state index is 0.113.